The summed E-state index contributed by atoms with van der Waals surface area (Å²) in [5, 5.41) is 3.90. The maximum Gasteiger partial charge on any atom is 0.283 e. The monoisotopic (exact) mass is 490 g/mol. The van der Waals surface area contributed by atoms with E-state index in [0.717, 1.165) is 41.8 Å². The van der Waals surface area contributed by atoms with E-state index in [1.54, 1.807) is 12.1 Å². The predicted molar refractivity (Wildman–Crippen MR) is 141 cm³/mol. The second kappa shape index (κ2) is 10.9. The van der Waals surface area contributed by atoms with Gasteiger partial charge in [0.1, 0.15) is 10.6 Å². The van der Waals surface area contributed by atoms with E-state index < -0.39 is 0 Å². The molecule has 2 amide bonds. The van der Waals surface area contributed by atoms with Gasteiger partial charge < -0.3 is 5.32 Å². The Bertz CT molecular complexity index is 1220. The van der Waals surface area contributed by atoms with Gasteiger partial charge in [-0.25, -0.2) is 4.90 Å². The van der Waals surface area contributed by atoms with Gasteiger partial charge in [0.25, 0.3) is 11.8 Å². The molecule has 1 aliphatic heterocycles. The summed E-state index contributed by atoms with van der Waals surface area (Å²) in [6.07, 6.45) is 4.01. The Morgan fingerprint density at radius 1 is 0.882 bits per heavy atom. The van der Waals surface area contributed by atoms with E-state index in [-0.39, 0.29) is 11.8 Å². The fourth-order valence-corrected chi connectivity index (χ4v) is 4.90. The van der Waals surface area contributed by atoms with Crippen molar-refractivity contribution < 1.29 is 9.59 Å². The molecule has 1 heterocycles. The van der Waals surface area contributed by atoms with Crippen molar-refractivity contribution in [2.75, 3.05) is 10.2 Å². The van der Waals surface area contributed by atoms with Crippen molar-refractivity contribution in [3.8, 4) is 0 Å². The molecule has 1 N–H and O–H groups in total. The highest BCUT2D eigenvalue weighted by atomic mass is 35.5. The van der Waals surface area contributed by atoms with E-state index in [0.29, 0.717) is 21.3 Å². The Morgan fingerprint density at radius 2 is 1.59 bits per heavy atom. The van der Waals surface area contributed by atoms with E-state index in [1.807, 2.05) is 60.7 Å². The fourth-order valence-electron chi connectivity index (χ4n) is 3.85. The number of rotatable bonds is 9. The highest BCUT2D eigenvalue weighted by molar-refractivity contribution is 8.04. The van der Waals surface area contributed by atoms with E-state index in [4.69, 9.17) is 11.6 Å². The number of para-hydroxylation sites is 1. The Labute approximate surface area is 210 Å². The molecule has 34 heavy (non-hydrogen) atoms. The first kappa shape index (κ1) is 24.1. The number of thioether (sulfide) groups is 1. The maximum atomic E-state index is 13.6. The minimum atomic E-state index is -0.353. The van der Waals surface area contributed by atoms with Crippen molar-refractivity contribution in [3.05, 3.63) is 99.5 Å². The summed E-state index contributed by atoms with van der Waals surface area (Å²) in [6, 6.07) is 22.8. The Morgan fingerprint density at radius 3 is 2.26 bits per heavy atom. The number of carbonyl (C=O) groups excluding carboxylic acids is 2. The van der Waals surface area contributed by atoms with E-state index in [9.17, 15) is 9.59 Å². The van der Waals surface area contributed by atoms with Crippen LogP contribution in [0.5, 0.6) is 0 Å². The van der Waals surface area contributed by atoms with Gasteiger partial charge in [0.15, 0.2) is 0 Å². The van der Waals surface area contributed by atoms with Gasteiger partial charge in [0.05, 0.1) is 5.69 Å². The molecule has 0 radical (unpaired) electrons. The van der Waals surface area contributed by atoms with Crippen molar-refractivity contribution in [3.63, 3.8) is 0 Å². The molecule has 0 fully saturated rings. The number of hydrogen-bond acceptors (Lipinski definition) is 4. The molecule has 0 saturated heterocycles. The van der Waals surface area contributed by atoms with Gasteiger partial charge in [-0.1, -0.05) is 74.0 Å². The number of halogens is 1. The molecular formula is C28H27ClN2O2S. The minimum Gasteiger partial charge on any atom is -0.350 e. The number of hydrogen-bond donors (Lipinski definition) is 1. The number of amides is 2. The quantitative estimate of drug-likeness (QED) is 0.321. The van der Waals surface area contributed by atoms with Crippen LogP contribution in [0, 0.1) is 0 Å². The summed E-state index contributed by atoms with van der Waals surface area (Å²) in [5.74, 6) is -0.684. The topological polar surface area (TPSA) is 49.4 Å². The van der Waals surface area contributed by atoms with Crippen molar-refractivity contribution in [1.29, 1.82) is 0 Å². The molecule has 6 heteroatoms. The number of benzene rings is 3. The van der Waals surface area contributed by atoms with Crippen molar-refractivity contribution in [2.24, 2.45) is 0 Å². The van der Waals surface area contributed by atoms with E-state index in [1.165, 1.54) is 22.2 Å². The normalized spacial score (nSPS) is 13.7. The molecular weight excluding hydrogens is 464 g/mol. The molecule has 3 aromatic carbocycles. The molecule has 4 rings (SSSR count). The fraction of sp³-hybridized carbons (Fsp3) is 0.214. The van der Waals surface area contributed by atoms with Crippen LogP contribution in [0.4, 0.5) is 11.4 Å². The van der Waals surface area contributed by atoms with Crippen LogP contribution in [0.25, 0.3) is 0 Å². The molecule has 4 nitrogen and oxygen atoms in total. The van der Waals surface area contributed by atoms with Crippen LogP contribution < -0.4 is 10.2 Å². The average Bonchev–Trinajstić information content (AvgIpc) is 3.08. The van der Waals surface area contributed by atoms with Gasteiger partial charge in [-0.15, -0.1) is 0 Å². The van der Waals surface area contributed by atoms with Crippen LogP contribution in [0.3, 0.4) is 0 Å². The van der Waals surface area contributed by atoms with Gasteiger partial charge in [-0.05, 0) is 72.9 Å². The highest BCUT2D eigenvalue weighted by Crippen LogP contribution is 2.38. The third-order valence-electron chi connectivity index (χ3n) is 5.75. The lowest BCUT2D eigenvalue weighted by Gasteiger charge is -2.16. The molecule has 0 aliphatic carbocycles. The number of carbonyl (C=O) groups is 2. The molecule has 1 aliphatic rings. The van der Waals surface area contributed by atoms with Crippen LogP contribution >= 0.6 is 23.4 Å². The summed E-state index contributed by atoms with van der Waals surface area (Å²) in [7, 11) is 0. The molecule has 174 valence electrons. The first-order chi connectivity index (χ1) is 16.5. The van der Waals surface area contributed by atoms with Crippen molar-refractivity contribution >= 4 is 46.6 Å². The van der Waals surface area contributed by atoms with Crippen LogP contribution in [-0.2, 0) is 22.4 Å². The van der Waals surface area contributed by atoms with Crippen LogP contribution in [0.1, 0.15) is 37.8 Å². The Kier molecular flexibility index (Phi) is 7.76. The summed E-state index contributed by atoms with van der Waals surface area (Å²) < 4.78 is 0. The third kappa shape index (κ3) is 5.21. The number of nitrogens with zero attached hydrogens (tertiary/aromatic N) is 1. The average molecular weight is 491 g/mol. The first-order valence-electron chi connectivity index (χ1n) is 11.5. The molecule has 0 bridgehead atoms. The Hall–Kier alpha value is -3.02. The number of nitrogens with one attached hydrogen (secondary N) is 1. The number of imide groups is 1. The molecule has 0 unspecified atom stereocenters. The van der Waals surface area contributed by atoms with Gasteiger partial charge in [0.2, 0.25) is 0 Å². The zero-order valence-electron chi connectivity index (χ0n) is 19.3. The van der Waals surface area contributed by atoms with E-state index in [2.05, 4.69) is 19.2 Å². The molecule has 0 aromatic heterocycles. The molecule has 0 atom stereocenters. The molecule has 0 saturated carbocycles. The smallest absolute Gasteiger partial charge is 0.283 e. The summed E-state index contributed by atoms with van der Waals surface area (Å²) >= 11 is 7.31. The second-order valence-electron chi connectivity index (χ2n) is 8.11. The zero-order valence-corrected chi connectivity index (χ0v) is 20.9. The van der Waals surface area contributed by atoms with Gasteiger partial charge in [0, 0.05) is 15.6 Å². The SMILES string of the molecule is CCCCc1ccc(N2C(=O)C(Nc3ccccc3CC)=C(Sc3ccc(Cl)cc3)C2=O)cc1. The van der Waals surface area contributed by atoms with E-state index >= 15 is 0 Å². The number of anilines is 2. The zero-order chi connectivity index (χ0) is 24.1. The molecule has 0 spiro atoms. The third-order valence-corrected chi connectivity index (χ3v) is 7.09. The van der Waals surface area contributed by atoms with Gasteiger partial charge in [-0.3, -0.25) is 9.59 Å². The van der Waals surface area contributed by atoms with Crippen LogP contribution in [-0.4, -0.2) is 11.8 Å². The van der Waals surface area contributed by atoms with Crippen molar-refractivity contribution in [1.82, 2.24) is 0 Å². The lowest BCUT2D eigenvalue weighted by molar-refractivity contribution is -0.120. The standard InChI is InChI=1S/C28H27ClN2O2S/c1-3-5-8-19-11-15-22(16-12-19)31-27(32)25(30-24-10-7-6-9-20(24)4-2)26(28(31)33)34-23-17-13-21(29)14-18-23/h6-7,9-18,30H,3-5,8H2,1-2H3. The highest BCUT2D eigenvalue weighted by Gasteiger charge is 2.40. The van der Waals surface area contributed by atoms with Gasteiger partial charge in [-0.2, -0.15) is 0 Å². The summed E-state index contributed by atoms with van der Waals surface area (Å²) in [6.45, 7) is 4.22. The second-order valence-corrected chi connectivity index (χ2v) is 9.63. The summed E-state index contributed by atoms with van der Waals surface area (Å²) in [5.41, 5.74) is 3.96. The molecule has 3 aromatic rings. The number of unbranched alkanes of at least 4 members (excludes halogenated alkanes) is 1. The maximum absolute atomic E-state index is 13.6. The van der Waals surface area contributed by atoms with Crippen LogP contribution in [0.2, 0.25) is 5.02 Å². The van der Waals surface area contributed by atoms with Gasteiger partial charge >= 0.3 is 0 Å². The van der Waals surface area contributed by atoms with Crippen LogP contribution in [0.15, 0.2) is 88.3 Å². The predicted octanol–water partition coefficient (Wildman–Crippen LogP) is 7.23. The largest absolute Gasteiger partial charge is 0.350 e. The lowest BCUT2D eigenvalue weighted by atomic mass is 10.1. The minimum absolute atomic E-state index is 0.293. The Balaban J connectivity index is 1.69. The first-order valence-corrected chi connectivity index (χ1v) is 12.7. The number of aryl methyl sites for hydroxylation is 2. The summed E-state index contributed by atoms with van der Waals surface area (Å²) in [4.78, 5) is 29.6. The van der Waals surface area contributed by atoms with Crippen molar-refractivity contribution in [2.45, 2.75) is 44.4 Å². The lowest BCUT2D eigenvalue weighted by Crippen LogP contribution is -2.32.